The van der Waals surface area contributed by atoms with Gasteiger partial charge in [-0.3, -0.25) is 0 Å². The maximum atomic E-state index is 11.9. The molecule has 0 saturated carbocycles. The highest BCUT2D eigenvalue weighted by molar-refractivity contribution is 5.70. The minimum Gasteiger partial charge on any atom is -0.444 e. The van der Waals surface area contributed by atoms with Crippen molar-refractivity contribution >= 4 is 12.2 Å². The predicted octanol–water partition coefficient (Wildman–Crippen LogP) is 2.09. The first-order chi connectivity index (χ1) is 10.4. The predicted molar refractivity (Wildman–Crippen MR) is 86.1 cm³/mol. The van der Waals surface area contributed by atoms with Crippen molar-refractivity contribution in [1.29, 1.82) is 0 Å². The molecule has 2 amide bonds. The van der Waals surface area contributed by atoms with Crippen LogP contribution in [0.15, 0.2) is 12.2 Å². The molecule has 0 aromatic heterocycles. The highest BCUT2D eigenvalue weighted by atomic mass is 16.6. The van der Waals surface area contributed by atoms with Crippen LogP contribution < -0.4 is 10.6 Å². The van der Waals surface area contributed by atoms with Crippen LogP contribution in [-0.4, -0.2) is 46.7 Å². The van der Waals surface area contributed by atoms with Crippen molar-refractivity contribution in [2.24, 2.45) is 0 Å². The van der Waals surface area contributed by atoms with Crippen molar-refractivity contribution in [2.75, 3.05) is 0 Å². The summed E-state index contributed by atoms with van der Waals surface area (Å²) in [7, 11) is 0. The fraction of sp³-hybridized carbons (Fsp3) is 0.750. The molecule has 0 heterocycles. The molecule has 7 heteroatoms. The van der Waals surface area contributed by atoms with Crippen LogP contribution in [0.5, 0.6) is 0 Å². The molecule has 3 atom stereocenters. The fourth-order valence-corrected chi connectivity index (χ4v) is 2.11. The summed E-state index contributed by atoms with van der Waals surface area (Å²) < 4.78 is 10.4. The Labute approximate surface area is 137 Å². The van der Waals surface area contributed by atoms with E-state index >= 15 is 0 Å². The molecule has 1 aliphatic rings. The maximum absolute atomic E-state index is 11.9. The smallest absolute Gasteiger partial charge is 0.408 e. The Balaban J connectivity index is 2.71. The average Bonchev–Trinajstić information content (AvgIpc) is 2.28. The van der Waals surface area contributed by atoms with Crippen molar-refractivity contribution in [2.45, 2.75) is 77.4 Å². The van der Waals surface area contributed by atoms with Gasteiger partial charge in [-0.1, -0.05) is 12.2 Å². The minimum atomic E-state index is -0.920. The van der Waals surface area contributed by atoms with Crippen LogP contribution >= 0.6 is 0 Å². The van der Waals surface area contributed by atoms with Gasteiger partial charge >= 0.3 is 12.2 Å². The number of carbonyl (C=O) groups is 2. The molecule has 1 aliphatic carbocycles. The number of hydrogen-bond donors (Lipinski definition) is 3. The van der Waals surface area contributed by atoms with Crippen LogP contribution in [0.25, 0.3) is 0 Å². The molecular weight excluding hydrogens is 300 g/mol. The SMILES string of the molecule is CC(C)(C)OC(=O)N[C@@H]1[C@@H](NC(=O)OC(C)(C)C)CC=C[C@@H]1O. The number of aliphatic hydroxyl groups is 1. The van der Waals surface area contributed by atoms with E-state index in [9.17, 15) is 14.7 Å². The highest BCUT2D eigenvalue weighted by Gasteiger charge is 2.34. The molecule has 0 saturated heterocycles. The summed E-state index contributed by atoms with van der Waals surface area (Å²) in [4.78, 5) is 23.8. The second kappa shape index (κ2) is 7.21. The number of amides is 2. The van der Waals surface area contributed by atoms with E-state index in [-0.39, 0.29) is 0 Å². The second-order valence-electron chi connectivity index (χ2n) is 7.58. The van der Waals surface area contributed by atoms with Gasteiger partial charge in [0.15, 0.2) is 0 Å². The third kappa shape index (κ3) is 7.36. The Hall–Kier alpha value is -1.76. The lowest BCUT2D eigenvalue weighted by Crippen LogP contribution is -2.58. The first-order valence-electron chi connectivity index (χ1n) is 7.71. The Morgan fingerprint density at radius 3 is 1.96 bits per heavy atom. The van der Waals surface area contributed by atoms with Crippen molar-refractivity contribution in [1.82, 2.24) is 10.6 Å². The maximum Gasteiger partial charge on any atom is 0.408 e. The van der Waals surface area contributed by atoms with E-state index in [2.05, 4.69) is 10.6 Å². The van der Waals surface area contributed by atoms with Crippen LogP contribution in [0, 0.1) is 0 Å². The quantitative estimate of drug-likeness (QED) is 0.675. The molecule has 0 aromatic carbocycles. The topological polar surface area (TPSA) is 96.9 Å². The monoisotopic (exact) mass is 328 g/mol. The van der Waals surface area contributed by atoms with Crippen LogP contribution in [0.3, 0.4) is 0 Å². The zero-order valence-electron chi connectivity index (χ0n) is 14.7. The summed E-state index contributed by atoms with van der Waals surface area (Å²) >= 11 is 0. The first-order valence-corrected chi connectivity index (χ1v) is 7.71. The molecule has 0 bridgehead atoms. The lowest BCUT2D eigenvalue weighted by molar-refractivity contribution is 0.0352. The molecule has 3 N–H and O–H groups in total. The summed E-state index contributed by atoms with van der Waals surface area (Å²) in [5, 5.41) is 15.4. The standard InChI is InChI=1S/C16H28N2O5/c1-15(2,3)22-13(20)17-10-8-7-9-11(19)12(10)18-14(21)23-16(4,5)6/h7,9-12,19H,8H2,1-6H3,(H,17,20)(H,18,21)/t10-,11-,12+/m0/s1. The number of aliphatic hydroxyl groups excluding tert-OH is 1. The molecule has 1 rings (SSSR count). The van der Waals surface area contributed by atoms with Gasteiger partial charge in [0.25, 0.3) is 0 Å². The number of alkyl carbamates (subject to hydrolysis) is 2. The summed E-state index contributed by atoms with van der Waals surface area (Å²) in [6.07, 6.45) is 1.64. The zero-order chi connectivity index (χ0) is 17.8. The summed E-state index contributed by atoms with van der Waals surface area (Å²) in [6, 6.07) is -1.18. The van der Waals surface area contributed by atoms with Gasteiger partial charge in [-0.15, -0.1) is 0 Å². The largest absolute Gasteiger partial charge is 0.444 e. The van der Waals surface area contributed by atoms with Crippen LogP contribution in [0.1, 0.15) is 48.0 Å². The lowest BCUT2D eigenvalue weighted by atomic mass is 9.93. The van der Waals surface area contributed by atoms with Gasteiger partial charge in [0.1, 0.15) is 11.2 Å². The second-order valence-corrected chi connectivity index (χ2v) is 7.58. The van der Waals surface area contributed by atoms with Crippen LogP contribution in [0.2, 0.25) is 0 Å². The van der Waals surface area contributed by atoms with E-state index < -0.39 is 41.6 Å². The van der Waals surface area contributed by atoms with Gasteiger partial charge in [-0.2, -0.15) is 0 Å². The Morgan fingerprint density at radius 2 is 1.48 bits per heavy atom. The number of nitrogens with one attached hydrogen (secondary N) is 2. The summed E-state index contributed by atoms with van der Waals surface area (Å²) in [5.74, 6) is 0. The van der Waals surface area contributed by atoms with Gasteiger partial charge in [-0.05, 0) is 48.0 Å². The zero-order valence-corrected chi connectivity index (χ0v) is 14.7. The lowest BCUT2D eigenvalue weighted by Gasteiger charge is -2.34. The third-order valence-corrected chi connectivity index (χ3v) is 2.91. The van der Waals surface area contributed by atoms with Gasteiger partial charge in [0.05, 0.1) is 18.2 Å². The normalized spacial score (nSPS) is 24.7. The third-order valence-electron chi connectivity index (χ3n) is 2.91. The molecule has 0 aromatic rings. The number of ether oxygens (including phenoxy) is 2. The van der Waals surface area contributed by atoms with Crippen LogP contribution in [0.4, 0.5) is 9.59 Å². The molecule has 0 spiro atoms. The molecule has 132 valence electrons. The van der Waals surface area contributed by atoms with E-state index in [1.54, 1.807) is 53.7 Å². The van der Waals surface area contributed by atoms with Gasteiger partial charge in [0, 0.05) is 0 Å². The Kier molecular flexibility index (Phi) is 6.04. The molecule has 7 nitrogen and oxygen atoms in total. The van der Waals surface area contributed by atoms with Crippen molar-refractivity contribution in [3.05, 3.63) is 12.2 Å². The molecule has 0 radical (unpaired) electrons. The van der Waals surface area contributed by atoms with E-state index in [4.69, 9.17) is 9.47 Å². The van der Waals surface area contributed by atoms with E-state index in [0.717, 1.165) is 0 Å². The molecule has 23 heavy (non-hydrogen) atoms. The van der Waals surface area contributed by atoms with Crippen molar-refractivity contribution in [3.63, 3.8) is 0 Å². The molecule has 0 unspecified atom stereocenters. The molecular formula is C16H28N2O5. The van der Waals surface area contributed by atoms with E-state index in [1.165, 1.54) is 0 Å². The molecule has 0 aliphatic heterocycles. The van der Waals surface area contributed by atoms with Gasteiger partial charge in [0.2, 0.25) is 0 Å². The minimum absolute atomic E-state index is 0.469. The summed E-state index contributed by atoms with van der Waals surface area (Å²) in [5.41, 5.74) is -1.27. The summed E-state index contributed by atoms with van der Waals surface area (Å²) in [6.45, 7) is 10.5. The highest BCUT2D eigenvalue weighted by Crippen LogP contribution is 2.16. The van der Waals surface area contributed by atoms with E-state index in [1.807, 2.05) is 0 Å². The van der Waals surface area contributed by atoms with Gasteiger partial charge in [-0.25, -0.2) is 9.59 Å². The Morgan fingerprint density at radius 1 is 1.00 bits per heavy atom. The van der Waals surface area contributed by atoms with Crippen molar-refractivity contribution < 1.29 is 24.2 Å². The molecule has 0 fully saturated rings. The Bertz CT molecular complexity index is 462. The van der Waals surface area contributed by atoms with Gasteiger partial charge < -0.3 is 25.2 Å². The van der Waals surface area contributed by atoms with Crippen LogP contribution in [-0.2, 0) is 9.47 Å². The first kappa shape index (κ1) is 19.3. The fourth-order valence-electron chi connectivity index (χ4n) is 2.11. The number of rotatable bonds is 2. The van der Waals surface area contributed by atoms with E-state index in [0.29, 0.717) is 6.42 Å². The number of hydrogen-bond acceptors (Lipinski definition) is 5. The van der Waals surface area contributed by atoms with Crippen molar-refractivity contribution in [3.8, 4) is 0 Å². The average molecular weight is 328 g/mol. The number of carbonyl (C=O) groups excluding carboxylic acids is 2.